The van der Waals surface area contributed by atoms with Crippen molar-refractivity contribution in [3.63, 3.8) is 0 Å². The third kappa shape index (κ3) is 2.66. The first-order valence-corrected chi connectivity index (χ1v) is 5.97. The van der Waals surface area contributed by atoms with E-state index in [-0.39, 0.29) is 11.8 Å². The van der Waals surface area contributed by atoms with Crippen LogP contribution in [0.25, 0.3) is 0 Å². The van der Waals surface area contributed by atoms with Crippen molar-refractivity contribution in [3.05, 3.63) is 35.1 Å². The molecule has 100 valence electrons. The molecule has 1 saturated heterocycles. The Morgan fingerprint density at radius 3 is 2.61 bits per heavy atom. The molecule has 2 unspecified atom stereocenters. The summed E-state index contributed by atoms with van der Waals surface area (Å²) < 4.78 is 51.1. The molecule has 2 rings (SSSR count). The van der Waals surface area contributed by atoms with E-state index in [9.17, 15) is 17.6 Å². The fourth-order valence-corrected chi connectivity index (χ4v) is 2.50. The molecule has 0 aliphatic carbocycles. The maximum atomic E-state index is 13.2. The Labute approximate surface area is 103 Å². The highest BCUT2D eigenvalue weighted by Gasteiger charge is 2.35. The van der Waals surface area contributed by atoms with Crippen molar-refractivity contribution < 1.29 is 17.6 Å². The third-order valence-electron chi connectivity index (χ3n) is 3.51. The van der Waals surface area contributed by atoms with Crippen LogP contribution in [0.2, 0.25) is 0 Å². The summed E-state index contributed by atoms with van der Waals surface area (Å²) in [5.41, 5.74) is -0.580. The lowest BCUT2D eigenvalue weighted by Gasteiger charge is -2.30. The number of hydrogen-bond acceptors (Lipinski definition) is 1. The summed E-state index contributed by atoms with van der Waals surface area (Å²) in [7, 11) is 0. The molecule has 0 amide bonds. The van der Waals surface area contributed by atoms with Crippen LogP contribution in [0, 0.1) is 11.7 Å². The van der Waals surface area contributed by atoms with E-state index >= 15 is 0 Å². The molecule has 2 atom stereocenters. The van der Waals surface area contributed by atoms with E-state index in [2.05, 4.69) is 5.32 Å². The molecule has 1 heterocycles. The molecule has 0 saturated carbocycles. The summed E-state index contributed by atoms with van der Waals surface area (Å²) in [5, 5.41) is 3.19. The second kappa shape index (κ2) is 4.88. The average molecular weight is 261 g/mol. The molecule has 1 fully saturated rings. The highest BCUT2D eigenvalue weighted by atomic mass is 19.4. The van der Waals surface area contributed by atoms with Crippen LogP contribution in [0.4, 0.5) is 17.6 Å². The maximum absolute atomic E-state index is 13.2. The molecule has 5 heteroatoms. The Balaban J connectivity index is 2.34. The van der Waals surface area contributed by atoms with Crippen LogP contribution in [-0.4, -0.2) is 13.1 Å². The monoisotopic (exact) mass is 261 g/mol. The van der Waals surface area contributed by atoms with Crippen LogP contribution in [0.5, 0.6) is 0 Å². The van der Waals surface area contributed by atoms with Gasteiger partial charge in [-0.3, -0.25) is 0 Å². The number of alkyl halides is 3. The van der Waals surface area contributed by atoms with Crippen molar-refractivity contribution in [2.45, 2.75) is 25.4 Å². The lowest BCUT2D eigenvalue weighted by molar-refractivity contribution is -0.140. The number of piperidine rings is 1. The van der Waals surface area contributed by atoms with Gasteiger partial charge in [-0.2, -0.15) is 13.2 Å². The van der Waals surface area contributed by atoms with Crippen LogP contribution in [0.15, 0.2) is 18.2 Å². The van der Waals surface area contributed by atoms with Crippen LogP contribution >= 0.6 is 0 Å². The molecule has 0 radical (unpaired) electrons. The largest absolute Gasteiger partial charge is 0.419 e. The van der Waals surface area contributed by atoms with E-state index in [0.717, 1.165) is 31.6 Å². The first kappa shape index (κ1) is 13.3. The highest BCUT2D eigenvalue weighted by Crippen LogP contribution is 2.36. The topological polar surface area (TPSA) is 12.0 Å². The second-order valence-electron chi connectivity index (χ2n) is 4.81. The molecule has 1 aliphatic heterocycles. The van der Waals surface area contributed by atoms with Gasteiger partial charge < -0.3 is 5.32 Å². The fourth-order valence-electron chi connectivity index (χ4n) is 2.50. The Bertz CT molecular complexity index is 427. The minimum atomic E-state index is -4.63. The summed E-state index contributed by atoms with van der Waals surface area (Å²) in [6, 6.07) is 3.35. The van der Waals surface area contributed by atoms with Crippen molar-refractivity contribution in [3.8, 4) is 0 Å². The van der Waals surface area contributed by atoms with Crippen molar-refractivity contribution in [2.24, 2.45) is 5.92 Å². The van der Waals surface area contributed by atoms with Crippen LogP contribution in [-0.2, 0) is 6.18 Å². The van der Waals surface area contributed by atoms with Gasteiger partial charge in [-0.15, -0.1) is 0 Å². The minimum Gasteiger partial charge on any atom is -0.316 e. The number of rotatable bonds is 1. The van der Waals surface area contributed by atoms with Gasteiger partial charge in [-0.25, -0.2) is 4.39 Å². The molecule has 0 aromatic heterocycles. The van der Waals surface area contributed by atoms with Gasteiger partial charge in [0.25, 0.3) is 0 Å². The lowest BCUT2D eigenvalue weighted by atomic mass is 9.82. The Hall–Kier alpha value is -1.10. The minimum absolute atomic E-state index is 0.0629. The highest BCUT2D eigenvalue weighted by molar-refractivity contribution is 5.30. The Morgan fingerprint density at radius 1 is 1.28 bits per heavy atom. The van der Waals surface area contributed by atoms with Gasteiger partial charge in [0.15, 0.2) is 0 Å². The van der Waals surface area contributed by atoms with Gasteiger partial charge in [-0.05, 0) is 49.0 Å². The predicted octanol–water partition coefficient (Wildman–Crippen LogP) is 3.56. The summed E-state index contributed by atoms with van der Waals surface area (Å²) in [6.07, 6.45) is -3.85. The quantitative estimate of drug-likeness (QED) is 0.762. The molecule has 1 aromatic carbocycles. The molecular formula is C13H15F4N. The van der Waals surface area contributed by atoms with E-state index in [1.165, 1.54) is 6.07 Å². The first-order valence-electron chi connectivity index (χ1n) is 5.97. The summed E-state index contributed by atoms with van der Waals surface area (Å²) in [4.78, 5) is 0. The number of halogens is 4. The lowest BCUT2D eigenvalue weighted by Crippen LogP contribution is -2.33. The SMILES string of the molecule is CC1CNCCC1c1ccc(F)c(C(F)(F)F)c1. The van der Waals surface area contributed by atoms with Gasteiger partial charge in [-0.1, -0.05) is 13.0 Å². The van der Waals surface area contributed by atoms with E-state index in [1.54, 1.807) is 0 Å². The van der Waals surface area contributed by atoms with Crippen molar-refractivity contribution >= 4 is 0 Å². The molecule has 0 spiro atoms. The van der Waals surface area contributed by atoms with Crippen molar-refractivity contribution in [1.82, 2.24) is 5.32 Å². The fraction of sp³-hybridized carbons (Fsp3) is 0.538. The van der Waals surface area contributed by atoms with Crippen LogP contribution < -0.4 is 5.32 Å². The molecule has 1 N–H and O–H groups in total. The van der Waals surface area contributed by atoms with Gasteiger partial charge in [0.2, 0.25) is 0 Å². The summed E-state index contributed by atoms with van der Waals surface area (Å²) in [6.45, 7) is 3.56. The third-order valence-corrected chi connectivity index (χ3v) is 3.51. The Kier molecular flexibility index (Phi) is 3.61. The zero-order valence-electron chi connectivity index (χ0n) is 10.0. The number of benzene rings is 1. The Morgan fingerprint density at radius 2 is 2.00 bits per heavy atom. The van der Waals surface area contributed by atoms with Crippen LogP contribution in [0.1, 0.15) is 30.4 Å². The van der Waals surface area contributed by atoms with Gasteiger partial charge in [0.05, 0.1) is 5.56 Å². The van der Waals surface area contributed by atoms with Crippen molar-refractivity contribution in [1.29, 1.82) is 0 Å². The zero-order chi connectivity index (χ0) is 13.3. The summed E-state index contributed by atoms with van der Waals surface area (Å²) >= 11 is 0. The molecule has 1 aliphatic rings. The smallest absolute Gasteiger partial charge is 0.316 e. The number of nitrogens with one attached hydrogen (secondary N) is 1. The van der Waals surface area contributed by atoms with E-state index in [4.69, 9.17) is 0 Å². The molecule has 1 aromatic rings. The normalized spacial score (nSPS) is 25.2. The first-order chi connectivity index (χ1) is 8.39. The molecule has 1 nitrogen and oxygen atoms in total. The van der Waals surface area contributed by atoms with E-state index < -0.39 is 17.6 Å². The molecule has 18 heavy (non-hydrogen) atoms. The van der Waals surface area contributed by atoms with E-state index in [0.29, 0.717) is 5.56 Å². The number of hydrogen-bond donors (Lipinski definition) is 1. The second-order valence-corrected chi connectivity index (χ2v) is 4.81. The van der Waals surface area contributed by atoms with Gasteiger partial charge in [0.1, 0.15) is 5.82 Å². The zero-order valence-corrected chi connectivity index (χ0v) is 10.0. The predicted molar refractivity (Wildman–Crippen MR) is 60.8 cm³/mol. The molecule has 0 bridgehead atoms. The van der Waals surface area contributed by atoms with Gasteiger partial charge in [0, 0.05) is 0 Å². The molecular weight excluding hydrogens is 246 g/mol. The van der Waals surface area contributed by atoms with E-state index in [1.807, 2.05) is 6.92 Å². The van der Waals surface area contributed by atoms with Gasteiger partial charge >= 0.3 is 6.18 Å². The van der Waals surface area contributed by atoms with Crippen LogP contribution in [0.3, 0.4) is 0 Å². The standard InChI is InChI=1S/C13H15F4N/c1-8-7-18-5-4-10(8)9-2-3-12(14)11(6-9)13(15,16)17/h2-3,6,8,10,18H,4-5,7H2,1H3. The van der Waals surface area contributed by atoms with Crippen molar-refractivity contribution in [2.75, 3.05) is 13.1 Å². The average Bonchev–Trinajstić information content (AvgIpc) is 2.29. The summed E-state index contributed by atoms with van der Waals surface area (Å²) in [5.74, 6) is -0.883. The maximum Gasteiger partial charge on any atom is 0.419 e.